The van der Waals surface area contributed by atoms with Gasteiger partial charge in [-0.1, -0.05) is 0 Å². The van der Waals surface area contributed by atoms with Gasteiger partial charge in [0.25, 0.3) is 10.1 Å². The van der Waals surface area contributed by atoms with Crippen LogP contribution in [-0.4, -0.2) is 45.0 Å². The summed E-state index contributed by atoms with van der Waals surface area (Å²) in [6.45, 7) is 1.92. The molecule has 0 atom stereocenters. The molecule has 1 aliphatic carbocycles. The zero-order chi connectivity index (χ0) is 20.5. The summed E-state index contributed by atoms with van der Waals surface area (Å²) >= 11 is 0. The first kappa shape index (κ1) is 20.3. The van der Waals surface area contributed by atoms with Gasteiger partial charge in [0.1, 0.15) is 17.2 Å². The molecule has 1 fully saturated rings. The maximum Gasteiger partial charge on any atom is 0.421 e. The fourth-order valence-electron chi connectivity index (χ4n) is 3.10. The largest absolute Gasteiger partial charge is 0.421 e. The van der Waals surface area contributed by atoms with Gasteiger partial charge in [-0.3, -0.25) is 4.55 Å². The summed E-state index contributed by atoms with van der Waals surface area (Å²) in [5.74, 6) is -0.353. The summed E-state index contributed by atoms with van der Waals surface area (Å²) in [6.07, 6.45) is -1.35. The van der Waals surface area contributed by atoms with E-state index in [9.17, 15) is 21.6 Å². The van der Waals surface area contributed by atoms with E-state index in [4.69, 9.17) is 4.55 Å². The van der Waals surface area contributed by atoms with Crippen LogP contribution in [0, 0.1) is 5.92 Å². The first-order valence-electron chi connectivity index (χ1n) is 8.50. The van der Waals surface area contributed by atoms with Crippen LogP contribution >= 0.6 is 0 Å². The summed E-state index contributed by atoms with van der Waals surface area (Å²) in [6, 6.07) is 1.52. The van der Waals surface area contributed by atoms with Crippen LogP contribution < -0.4 is 10.6 Å². The molecule has 9 nitrogen and oxygen atoms in total. The number of hydrogen-bond acceptors (Lipinski definition) is 7. The molecule has 13 heteroatoms. The van der Waals surface area contributed by atoms with Crippen molar-refractivity contribution in [2.45, 2.75) is 32.0 Å². The minimum atomic E-state index is -4.58. The molecule has 0 aromatic carbocycles. The molecule has 1 saturated carbocycles. The Kier molecular flexibility index (Phi) is 5.48. The van der Waals surface area contributed by atoms with Crippen molar-refractivity contribution in [1.29, 1.82) is 0 Å². The molecular weight excluding hydrogens is 401 g/mol. The zero-order valence-electron chi connectivity index (χ0n) is 14.8. The first-order valence-corrected chi connectivity index (χ1v) is 10.1. The number of alkyl halides is 3. The van der Waals surface area contributed by atoms with Gasteiger partial charge in [0, 0.05) is 18.8 Å². The van der Waals surface area contributed by atoms with Crippen molar-refractivity contribution in [3.05, 3.63) is 24.0 Å². The minimum Gasteiger partial charge on any atom is -0.370 e. The van der Waals surface area contributed by atoms with Crippen LogP contribution in [0.25, 0.3) is 0 Å². The number of anilines is 3. The average molecular weight is 420 g/mol. The van der Waals surface area contributed by atoms with Crippen molar-refractivity contribution in [3.8, 4) is 0 Å². The topological polar surface area (TPSA) is 122 Å². The minimum absolute atomic E-state index is 0.0282. The molecular formula is C15H19F3N6O3S. The fraction of sp³-hybridized carbons (Fsp3) is 0.533. The highest BCUT2D eigenvalue weighted by Gasteiger charge is 2.36. The second kappa shape index (κ2) is 7.54. The molecule has 28 heavy (non-hydrogen) atoms. The van der Waals surface area contributed by atoms with E-state index in [0.717, 1.165) is 0 Å². The van der Waals surface area contributed by atoms with Crippen molar-refractivity contribution in [3.63, 3.8) is 0 Å². The second-order valence-electron chi connectivity index (χ2n) is 6.51. The average Bonchev–Trinajstić information content (AvgIpc) is 2.96. The number of aromatic nitrogens is 4. The van der Waals surface area contributed by atoms with Crippen LogP contribution in [0.3, 0.4) is 0 Å². The second-order valence-corrected chi connectivity index (χ2v) is 8.01. The number of hydrogen-bond donors (Lipinski definition) is 3. The highest BCUT2D eigenvalue weighted by atomic mass is 32.2. The molecule has 0 bridgehead atoms. The lowest BCUT2D eigenvalue weighted by Gasteiger charge is -2.35. The molecule has 1 aliphatic rings. The molecule has 2 heterocycles. The monoisotopic (exact) mass is 420 g/mol. The van der Waals surface area contributed by atoms with Gasteiger partial charge < -0.3 is 10.6 Å². The number of nitrogens with zero attached hydrogens (tertiary/aromatic N) is 4. The Bertz CT molecular complexity index is 941. The van der Waals surface area contributed by atoms with E-state index in [-0.39, 0.29) is 36.0 Å². The van der Waals surface area contributed by atoms with Crippen LogP contribution in [0.4, 0.5) is 30.8 Å². The Labute approximate surface area is 159 Å². The Morgan fingerprint density at radius 2 is 2.07 bits per heavy atom. The quantitative estimate of drug-likeness (QED) is 0.585. The molecule has 0 spiro atoms. The van der Waals surface area contributed by atoms with Crippen molar-refractivity contribution >= 4 is 27.7 Å². The standard InChI is InChI=1S/C15H19F3N6O3S/c1-2-19-13-11(15(16,17)18)7-20-14(23-13)22-12-3-4-21-24(12)10-5-9(6-10)8-28(25,26)27/h3-4,7,9-10H,2,5-6,8H2,1H3,(H,25,26,27)(H2,19,20,22,23). The van der Waals surface area contributed by atoms with Gasteiger partial charge in [0.2, 0.25) is 5.95 Å². The predicted octanol–water partition coefficient (Wildman–Crippen LogP) is 2.71. The molecule has 2 aromatic rings. The van der Waals surface area contributed by atoms with Gasteiger partial charge in [-0.25, -0.2) is 9.67 Å². The molecule has 154 valence electrons. The van der Waals surface area contributed by atoms with Gasteiger partial charge in [-0.15, -0.1) is 0 Å². The lowest BCUT2D eigenvalue weighted by Crippen LogP contribution is -2.32. The van der Waals surface area contributed by atoms with E-state index >= 15 is 0 Å². The van der Waals surface area contributed by atoms with Crippen molar-refractivity contribution in [2.24, 2.45) is 5.92 Å². The zero-order valence-corrected chi connectivity index (χ0v) is 15.6. The van der Waals surface area contributed by atoms with E-state index in [1.54, 1.807) is 17.7 Å². The van der Waals surface area contributed by atoms with Gasteiger partial charge in [-0.05, 0) is 25.7 Å². The smallest absolute Gasteiger partial charge is 0.370 e. The highest BCUT2D eigenvalue weighted by molar-refractivity contribution is 7.85. The van der Waals surface area contributed by atoms with Gasteiger partial charge in [0.15, 0.2) is 0 Å². The van der Waals surface area contributed by atoms with Crippen LogP contribution in [-0.2, 0) is 16.3 Å². The third kappa shape index (κ3) is 4.70. The van der Waals surface area contributed by atoms with E-state index < -0.39 is 21.9 Å². The normalized spacial score (nSPS) is 19.9. The molecule has 3 rings (SSSR count). The Balaban J connectivity index is 1.74. The highest BCUT2D eigenvalue weighted by Crippen LogP contribution is 2.40. The third-order valence-corrected chi connectivity index (χ3v) is 5.24. The van der Waals surface area contributed by atoms with Crippen molar-refractivity contribution in [2.75, 3.05) is 22.9 Å². The summed E-state index contributed by atoms with van der Waals surface area (Å²) in [5.41, 5.74) is -0.958. The lowest BCUT2D eigenvalue weighted by molar-refractivity contribution is -0.137. The molecule has 0 amide bonds. The molecule has 3 N–H and O–H groups in total. The van der Waals surface area contributed by atoms with Gasteiger partial charge >= 0.3 is 6.18 Å². The summed E-state index contributed by atoms with van der Waals surface area (Å²) < 4.78 is 71.5. The van der Waals surface area contributed by atoms with Crippen molar-refractivity contribution < 1.29 is 26.1 Å². The van der Waals surface area contributed by atoms with Gasteiger partial charge in [-0.2, -0.15) is 31.7 Å². The molecule has 0 radical (unpaired) electrons. The lowest BCUT2D eigenvalue weighted by atomic mass is 9.82. The summed E-state index contributed by atoms with van der Waals surface area (Å²) in [7, 11) is -4.03. The maximum absolute atomic E-state index is 13.0. The Morgan fingerprint density at radius 1 is 1.36 bits per heavy atom. The van der Waals surface area contributed by atoms with Crippen LogP contribution in [0.5, 0.6) is 0 Å². The number of nitrogens with one attached hydrogen (secondary N) is 2. The molecule has 2 aromatic heterocycles. The van der Waals surface area contributed by atoms with Crippen LogP contribution in [0.1, 0.15) is 31.4 Å². The Hall–Kier alpha value is -2.41. The summed E-state index contributed by atoms with van der Waals surface area (Å²) in [5, 5.41) is 9.59. The number of halogens is 3. The van der Waals surface area contributed by atoms with Crippen molar-refractivity contribution in [1.82, 2.24) is 19.7 Å². The molecule has 0 aliphatic heterocycles. The maximum atomic E-state index is 13.0. The van der Waals surface area contributed by atoms with E-state index in [2.05, 4.69) is 25.7 Å². The molecule has 0 unspecified atom stereocenters. The Morgan fingerprint density at radius 3 is 2.68 bits per heavy atom. The molecule has 0 saturated heterocycles. The predicted molar refractivity (Wildman–Crippen MR) is 94.9 cm³/mol. The van der Waals surface area contributed by atoms with Crippen LogP contribution in [0.15, 0.2) is 18.5 Å². The third-order valence-electron chi connectivity index (χ3n) is 4.35. The SMILES string of the molecule is CCNc1nc(Nc2ccnn2C2CC(CS(=O)(=O)O)C2)ncc1C(F)(F)F. The fourth-order valence-corrected chi connectivity index (χ4v) is 3.97. The van der Waals surface area contributed by atoms with Gasteiger partial charge in [0.05, 0.1) is 18.0 Å². The van der Waals surface area contributed by atoms with E-state index in [0.29, 0.717) is 24.9 Å². The van der Waals surface area contributed by atoms with E-state index in [1.807, 2.05) is 0 Å². The first-order chi connectivity index (χ1) is 13.1. The van der Waals surface area contributed by atoms with E-state index in [1.165, 1.54) is 6.20 Å². The summed E-state index contributed by atoms with van der Waals surface area (Å²) in [4.78, 5) is 7.64. The van der Waals surface area contributed by atoms with Crippen LogP contribution in [0.2, 0.25) is 0 Å². The number of rotatable bonds is 7.